The number of likely N-dealkylation sites (tertiary alicyclic amines) is 2. The van der Waals surface area contributed by atoms with Crippen molar-refractivity contribution < 1.29 is 28.6 Å². The summed E-state index contributed by atoms with van der Waals surface area (Å²) in [5.74, 6) is -3.70. The van der Waals surface area contributed by atoms with E-state index in [1.54, 1.807) is 0 Å². The van der Waals surface area contributed by atoms with Crippen LogP contribution in [0, 0.1) is 17.8 Å². The van der Waals surface area contributed by atoms with Crippen LogP contribution in [0.15, 0.2) is 0 Å². The van der Waals surface area contributed by atoms with Crippen molar-refractivity contribution in [1.29, 1.82) is 0 Å². The van der Waals surface area contributed by atoms with E-state index in [1.165, 1.54) is 0 Å². The molecule has 2 atom stereocenters. The first-order chi connectivity index (χ1) is 20.8. The van der Waals surface area contributed by atoms with E-state index in [0.29, 0.717) is 51.4 Å². The van der Waals surface area contributed by atoms with Crippen LogP contribution >= 0.6 is 0 Å². The number of carbonyl (C=O) groups is 3. The van der Waals surface area contributed by atoms with Gasteiger partial charge in [0.25, 0.3) is 0 Å². The number of nitrogens with one attached hydrogen (secondary N) is 1. The number of hydrogen-bond acceptors (Lipinski definition) is 9. The summed E-state index contributed by atoms with van der Waals surface area (Å²) < 4.78 is 18.7. The molecular weight excluding hydrogens is 582 g/mol. The molecule has 1 saturated carbocycles. The molecule has 3 heterocycles. The molecule has 0 aromatic carbocycles. The Bertz CT molecular complexity index is 1060. The molecule has 0 aromatic rings. The maximum absolute atomic E-state index is 14.2. The maximum Gasteiger partial charge on any atom is 0.310 e. The molecule has 0 spiro atoms. The highest BCUT2D eigenvalue weighted by atomic mass is 16.6. The Hall–Kier alpha value is -1.71. The fourth-order valence-electron chi connectivity index (χ4n) is 9.64. The lowest BCUT2D eigenvalue weighted by Crippen LogP contribution is -2.60. The number of esters is 3. The second-order valence-electron chi connectivity index (χ2n) is 19.0. The second kappa shape index (κ2) is 12.3. The molecule has 4 rings (SSSR count). The molecule has 0 bridgehead atoms. The minimum atomic E-state index is -0.930. The van der Waals surface area contributed by atoms with E-state index >= 15 is 0 Å². The summed E-state index contributed by atoms with van der Waals surface area (Å²) in [6.07, 6.45) is 4.03. The van der Waals surface area contributed by atoms with Crippen LogP contribution < -0.4 is 5.32 Å². The topological polar surface area (TPSA) is 97.4 Å². The van der Waals surface area contributed by atoms with E-state index in [2.05, 4.69) is 112 Å². The molecule has 264 valence electrons. The van der Waals surface area contributed by atoms with Crippen molar-refractivity contribution in [2.75, 3.05) is 14.1 Å². The van der Waals surface area contributed by atoms with Gasteiger partial charge in [0.05, 0.1) is 17.8 Å². The van der Waals surface area contributed by atoms with Crippen LogP contribution in [0.2, 0.25) is 0 Å². The number of carbonyl (C=O) groups excluding carboxylic acids is 3. The van der Waals surface area contributed by atoms with Crippen LogP contribution in [0.3, 0.4) is 0 Å². The molecule has 1 aliphatic carbocycles. The fraction of sp³-hybridized carbons (Fsp3) is 0.919. The molecule has 9 nitrogen and oxygen atoms in total. The highest BCUT2D eigenvalue weighted by Crippen LogP contribution is 2.45. The highest BCUT2D eigenvalue weighted by molar-refractivity contribution is 5.88. The summed E-state index contributed by atoms with van der Waals surface area (Å²) in [7, 11) is 4.24. The molecule has 4 fully saturated rings. The number of nitrogens with zero attached hydrogens (tertiary/aromatic N) is 2. The summed E-state index contributed by atoms with van der Waals surface area (Å²) >= 11 is 0. The molecule has 9 heteroatoms. The average molecular weight is 648 g/mol. The number of ether oxygens (including phenoxy) is 3. The zero-order chi connectivity index (χ0) is 34.8. The highest BCUT2D eigenvalue weighted by Gasteiger charge is 2.54. The lowest BCUT2D eigenvalue weighted by molar-refractivity contribution is -0.178. The van der Waals surface area contributed by atoms with Gasteiger partial charge in [-0.25, -0.2) is 0 Å². The molecule has 46 heavy (non-hydrogen) atoms. The van der Waals surface area contributed by atoms with E-state index in [0.717, 1.165) is 0 Å². The first-order valence-electron chi connectivity index (χ1n) is 17.6. The Morgan fingerprint density at radius 1 is 0.500 bits per heavy atom. The van der Waals surface area contributed by atoms with E-state index < -0.39 is 35.7 Å². The van der Waals surface area contributed by atoms with Crippen LogP contribution in [0.25, 0.3) is 0 Å². The van der Waals surface area contributed by atoms with Crippen molar-refractivity contribution in [3.63, 3.8) is 0 Å². The molecule has 0 aromatic heterocycles. The van der Waals surface area contributed by atoms with Crippen LogP contribution in [0.1, 0.15) is 134 Å². The van der Waals surface area contributed by atoms with Gasteiger partial charge in [-0.15, -0.1) is 0 Å². The summed E-state index contributed by atoms with van der Waals surface area (Å²) in [5.41, 5.74) is -1.07. The lowest BCUT2D eigenvalue weighted by Gasteiger charge is -2.53. The first kappa shape index (κ1) is 37.1. The van der Waals surface area contributed by atoms with Crippen molar-refractivity contribution >= 4 is 17.9 Å². The summed E-state index contributed by atoms with van der Waals surface area (Å²) in [6, 6.07) is 0. The van der Waals surface area contributed by atoms with Crippen molar-refractivity contribution in [1.82, 2.24) is 15.1 Å². The molecular formula is C37H65N3O6. The first-order valence-corrected chi connectivity index (χ1v) is 17.6. The van der Waals surface area contributed by atoms with Gasteiger partial charge in [0.2, 0.25) is 0 Å². The fourth-order valence-corrected chi connectivity index (χ4v) is 9.64. The zero-order valence-corrected chi connectivity index (χ0v) is 31.5. The normalized spacial score (nSPS) is 32.9. The van der Waals surface area contributed by atoms with Gasteiger partial charge in [0, 0.05) is 71.8 Å². The summed E-state index contributed by atoms with van der Waals surface area (Å²) in [5, 5.41) is 3.64. The van der Waals surface area contributed by atoms with Crippen LogP contribution in [0.4, 0.5) is 0 Å². The van der Waals surface area contributed by atoms with E-state index in [-0.39, 0.29) is 51.5 Å². The molecule has 0 radical (unpaired) electrons. The smallest absolute Gasteiger partial charge is 0.310 e. The van der Waals surface area contributed by atoms with Crippen LogP contribution in [0.5, 0.6) is 0 Å². The van der Waals surface area contributed by atoms with Crippen molar-refractivity contribution in [2.45, 2.75) is 186 Å². The monoisotopic (exact) mass is 647 g/mol. The molecule has 3 aliphatic heterocycles. The largest absolute Gasteiger partial charge is 0.462 e. The molecule has 0 amide bonds. The SMILES string of the molecule is CN1C(C)(C)CC(OC(=O)C2CCC(C(=O)OC3CC(C)(C)N(C)C(C)(C)C3)C2C(=O)OC2CC(C)(C)NC(C)(C)C2)CC1(C)C. The Morgan fingerprint density at radius 2 is 0.783 bits per heavy atom. The molecule has 3 saturated heterocycles. The third kappa shape index (κ3) is 7.94. The Morgan fingerprint density at radius 3 is 1.11 bits per heavy atom. The van der Waals surface area contributed by atoms with E-state index in [9.17, 15) is 14.4 Å². The molecule has 4 aliphatic rings. The van der Waals surface area contributed by atoms with Gasteiger partial charge in [-0.3, -0.25) is 24.2 Å². The third-order valence-electron chi connectivity index (χ3n) is 12.1. The Labute approximate surface area is 279 Å². The average Bonchev–Trinajstić information content (AvgIpc) is 3.29. The van der Waals surface area contributed by atoms with Crippen molar-refractivity contribution in [3.8, 4) is 0 Å². The predicted molar refractivity (Wildman–Crippen MR) is 180 cm³/mol. The van der Waals surface area contributed by atoms with Gasteiger partial charge in [0.1, 0.15) is 18.3 Å². The van der Waals surface area contributed by atoms with Crippen LogP contribution in [-0.2, 0) is 28.6 Å². The van der Waals surface area contributed by atoms with Gasteiger partial charge in [-0.05, 0) is 110 Å². The molecule has 1 N–H and O–H groups in total. The zero-order valence-electron chi connectivity index (χ0n) is 31.5. The second-order valence-corrected chi connectivity index (χ2v) is 19.0. The van der Waals surface area contributed by atoms with Gasteiger partial charge >= 0.3 is 17.9 Å². The number of rotatable bonds is 6. The van der Waals surface area contributed by atoms with E-state index in [1.807, 2.05) is 0 Å². The Kier molecular flexibility index (Phi) is 9.94. The minimum absolute atomic E-state index is 0.155. The Balaban J connectivity index is 1.56. The number of piperidine rings is 3. The summed E-state index contributed by atoms with van der Waals surface area (Å²) in [4.78, 5) is 46.8. The number of hydrogen-bond donors (Lipinski definition) is 1. The van der Waals surface area contributed by atoms with Gasteiger partial charge in [-0.1, -0.05) is 0 Å². The third-order valence-corrected chi connectivity index (χ3v) is 12.1. The minimum Gasteiger partial charge on any atom is -0.462 e. The van der Waals surface area contributed by atoms with E-state index in [4.69, 9.17) is 14.2 Å². The van der Waals surface area contributed by atoms with Gasteiger partial charge in [0.15, 0.2) is 0 Å². The van der Waals surface area contributed by atoms with Crippen LogP contribution in [-0.4, -0.2) is 93.3 Å². The van der Waals surface area contributed by atoms with Crippen molar-refractivity contribution in [2.24, 2.45) is 17.8 Å². The van der Waals surface area contributed by atoms with Gasteiger partial charge < -0.3 is 19.5 Å². The molecule has 2 unspecified atom stereocenters. The summed E-state index contributed by atoms with van der Waals surface area (Å²) in [6.45, 7) is 25.8. The standard InChI is InChI=1S/C37H65N3O6/c1-32(2)17-23(18-33(3,4)38-32)46-31(43)28-26(29(41)44-24-19-34(5,6)39(13)35(7,8)20-24)15-16-27(28)30(42)45-25-21-36(9,10)40(14)37(11,12)22-25/h23-28,38H,15-22H2,1-14H3. The quantitative estimate of drug-likeness (QED) is 0.280. The predicted octanol–water partition coefficient (Wildman–Crippen LogP) is 5.87. The van der Waals surface area contributed by atoms with Crippen molar-refractivity contribution in [3.05, 3.63) is 0 Å². The van der Waals surface area contributed by atoms with Gasteiger partial charge in [-0.2, -0.15) is 0 Å². The lowest BCUT2D eigenvalue weighted by atomic mass is 9.78. The maximum atomic E-state index is 14.2.